The van der Waals surface area contributed by atoms with Gasteiger partial charge in [0, 0.05) is 27.8 Å². The Morgan fingerprint density at radius 1 is 0.879 bits per heavy atom. The van der Waals surface area contributed by atoms with Crippen molar-refractivity contribution in [3.8, 4) is 18.4 Å². The first-order valence-corrected chi connectivity index (χ1v) is 10.9. The van der Waals surface area contributed by atoms with Crippen LogP contribution in [0.1, 0.15) is 28.1 Å². The Balaban J connectivity index is 1.62. The van der Waals surface area contributed by atoms with Crippen LogP contribution in [-0.4, -0.2) is 14.8 Å². The van der Waals surface area contributed by atoms with Gasteiger partial charge in [-0.1, -0.05) is 53.4 Å². The van der Waals surface area contributed by atoms with E-state index in [1.165, 1.54) is 0 Å². The summed E-state index contributed by atoms with van der Waals surface area (Å²) in [4.78, 5) is 2.14. The largest absolute Gasteiger partial charge is 0.360 e. The summed E-state index contributed by atoms with van der Waals surface area (Å²) in [5.74, 6) is 3.43. The molecule has 0 saturated carbocycles. The third-order valence-electron chi connectivity index (χ3n) is 5.17. The molecule has 1 aromatic heterocycles. The molecule has 0 aliphatic rings. The van der Waals surface area contributed by atoms with Crippen molar-refractivity contribution in [2.24, 2.45) is 0 Å². The van der Waals surface area contributed by atoms with E-state index in [1.54, 1.807) is 24.5 Å². The van der Waals surface area contributed by atoms with Gasteiger partial charge in [0.05, 0.1) is 24.7 Å². The maximum Gasteiger partial charge on any atom is 0.152 e. The second kappa shape index (κ2) is 10.2. The third kappa shape index (κ3) is 5.73. The van der Waals surface area contributed by atoms with Gasteiger partial charge in [-0.2, -0.15) is 5.26 Å². The Bertz CT molecular complexity index is 1310. The highest BCUT2D eigenvalue weighted by Crippen LogP contribution is 2.28. The predicted molar refractivity (Wildman–Crippen MR) is 131 cm³/mol. The second-order valence-corrected chi connectivity index (χ2v) is 8.38. The molecule has 4 aromatic rings. The standard InChI is InChI=1S/C26H19Cl2N5/c1-2-19-3-7-21(8-4-19)15-32(25-12-23(27)11-24(28)13-25)17-26-31-30-18-33(26)16-22-9-5-20(14-29)6-10-22/h1,3-13,18H,15-17H2. The van der Waals surface area contributed by atoms with Crippen molar-refractivity contribution in [1.29, 1.82) is 5.26 Å². The number of hydrogen-bond donors (Lipinski definition) is 0. The van der Waals surface area contributed by atoms with Gasteiger partial charge in [0.1, 0.15) is 6.33 Å². The van der Waals surface area contributed by atoms with Crippen LogP contribution in [0.2, 0.25) is 10.0 Å². The molecule has 0 unspecified atom stereocenters. The maximum atomic E-state index is 9.02. The van der Waals surface area contributed by atoms with E-state index in [2.05, 4.69) is 27.1 Å². The molecule has 162 valence electrons. The lowest BCUT2D eigenvalue weighted by Gasteiger charge is -2.25. The number of nitrogens with zero attached hydrogens (tertiary/aromatic N) is 5. The van der Waals surface area contributed by atoms with Crippen molar-refractivity contribution >= 4 is 28.9 Å². The summed E-state index contributed by atoms with van der Waals surface area (Å²) in [7, 11) is 0. The number of terminal acetylenes is 1. The van der Waals surface area contributed by atoms with Gasteiger partial charge >= 0.3 is 0 Å². The summed E-state index contributed by atoms with van der Waals surface area (Å²) < 4.78 is 1.99. The molecule has 0 atom stereocenters. The van der Waals surface area contributed by atoms with Gasteiger partial charge in [-0.05, 0) is 53.6 Å². The van der Waals surface area contributed by atoms with Crippen molar-refractivity contribution < 1.29 is 0 Å². The van der Waals surface area contributed by atoms with Crippen LogP contribution in [0.15, 0.2) is 73.1 Å². The van der Waals surface area contributed by atoms with Gasteiger partial charge in [-0.15, -0.1) is 16.6 Å². The molecule has 33 heavy (non-hydrogen) atoms. The molecule has 0 N–H and O–H groups in total. The minimum Gasteiger partial charge on any atom is -0.360 e. The lowest BCUT2D eigenvalue weighted by molar-refractivity contribution is 0.680. The topological polar surface area (TPSA) is 57.7 Å². The van der Waals surface area contributed by atoms with Crippen LogP contribution in [0.25, 0.3) is 0 Å². The second-order valence-electron chi connectivity index (χ2n) is 7.51. The van der Waals surface area contributed by atoms with E-state index in [4.69, 9.17) is 34.9 Å². The van der Waals surface area contributed by atoms with Crippen LogP contribution >= 0.6 is 23.2 Å². The summed E-state index contributed by atoms with van der Waals surface area (Å²) in [5, 5.41) is 18.6. The van der Waals surface area contributed by atoms with Crippen molar-refractivity contribution in [2.75, 3.05) is 4.90 Å². The number of anilines is 1. The van der Waals surface area contributed by atoms with Gasteiger partial charge in [-0.25, -0.2) is 0 Å². The Morgan fingerprint density at radius 3 is 2.15 bits per heavy atom. The summed E-state index contributed by atoms with van der Waals surface area (Å²) in [6.45, 7) is 1.68. The minimum absolute atomic E-state index is 0.490. The first-order chi connectivity index (χ1) is 16.0. The molecule has 3 aromatic carbocycles. The van der Waals surface area contributed by atoms with E-state index in [9.17, 15) is 0 Å². The average Bonchev–Trinajstić information content (AvgIpc) is 3.25. The van der Waals surface area contributed by atoms with Crippen molar-refractivity contribution in [2.45, 2.75) is 19.6 Å². The number of hydrogen-bond acceptors (Lipinski definition) is 4. The molecule has 0 aliphatic heterocycles. The molecular formula is C26H19Cl2N5. The number of nitriles is 1. The number of halogens is 2. The van der Waals surface area contributed by atoms with Crippen molar-refractivity contribution in [1.82, 2.24) is 14.8 Å². The molecule has 0 spiro atoms. The zero-order valence-corrected chi connectivity index (χ0v) is 19.1. The molecule has 7 heteroatoms. The molecule has 0 saturated heterocycles. The highest BCUT2D eigenvalue weighted by molar-refractivity contribution is 6.35. The van der Waals surface area contributed by atoms with Crippen molar-refractivity contribution in [3.05, 3.63) is 111 Å². The molecule has 0 amide bonds. The van der Waals surface area contributed by atoms with E-state index < -0.39 is 0 Å². The lowest BCUT2D eigenvalue weighted by atomic mass is 10.1. The van der Waals surface area contributed by atoms with E-state index in [0.717, 1.165) is 28.2 Å². The average molecular weight is 472 g/mol. The van der Waals surface area contributed by atoms with Crippen LogP contribution in [0.4, 0.5) is 5.69 Å². The number of benzene rings is 3. The Morgan fingerprint density at radius 2 is 1.52 bits per heavy atom. The third-order valence-corrected chi connectivity index (χ3v) is 5.61. The number of aromatic nitrogens is 3. The molecule has 0 aliphatic carbocycles. The van der Waals surface area contributed by atoms with E-state index >= 15 is 0 Å². The number of rotatable bonds is 7. The van der Waals surface area contributed by atoms with Gasteiger partial charge in [0.2, 0.25) is 0 Å². The van der Waals surface area contributed by atoms with Crippen LogP contribution in [0.3, 0.4) is 0 Å². The smallest absolute Gasteiger partial charge is 0.152 e. The minimum atomic E-state index is 0.490. The molecule has 0 radical (unpaired) electrons. The van der Waals surface area contributed by atoms with Crippen LogP contribution in [-0.2, 0) is 19.6 Å². The van der Waals surface area contributed by atoms with Gasteiger partial charge in [0.25, 0.3) is 0 Å². The summed E-state index contributed by atoms with van der Waals surface area (Å²) in [6, 6.07) is 22.9. The van der Waals surface area contributed by atoms with Gasteiger partial charge in [0.15, 0.2) is 5.82 Å². The van der Waals surface area contributed by atoms with E-state index in [1.807, 2.05) is 53.1 Å². The fourth-order valence-corrected chi connectivity index (χ4v) is 3.99. The summed E-state index contributed by atoms with van der Waals surface area (Å²) in [5.41, 5.74) is 4.47. The zero-order valence-electron chi connectivity index (χ0n) is 17.6. The fraction of sp³-hybridized carbons (Fsp3) is 0.115. The monoisotopic (exact) mass is 471 g/mol. The Hall–Kier alpha value is -3.77. The molecule has 1 heterocycles. The predicted octanol–water partition coefficient (Wildman–Crippen LogP) is 5.69. The normalized spacial score (nSPS) is 10.4. The Labute approximate surface area is 202 Å². The Kier molecular flexibility index (Phi) is 6.95. The summed E-state index contributed by atoms with van der Waals surface area (Å²) >= 11 is 12.6. The maximum absolute atomic E-state index is 9.02. The van der Waals surface area contributed by atoms with Crippen LogP contribution < -0.4 is 4.90 Å². The first-order valence-electron chi connectivity index (χ1n) is 10.2. The van der Waals surface area contributed by atoms with Crippen LogP contribution in [0.5, 0.6) is 0 Å². The molecule has 4 rings (SSSR count). The van der Waals surface area contributed by atoms with E-state index in [-0.39, 0.29) is 0 Å². The molecule has 0 bridgehead atoms. The van der Waals surface area contributed by atoms with Gasteiger partial charge < -0.3 is 9.47 Å². The molecule has 0 fully saturated rings. The van der Waals surface area contributed by atoms with Crippen LogP contribution in [0, 0.1) is 23.7 Å². The quantitative estimate of drug-likeness (QED) is 0.324. The molecule has 5 nitrogen and oxygen atoms in total. The van der Waals surface area contributed by atoms with E-state index in [0.29, 0.717) is 35.2 Å². The SMILES string of the molecule is C#Cc1ccc(CN(Cc2nncn2Cc2ccc(C#N)cc2)c2cc(Cl)cc(Cl)c2)cc1. The highest BCUT2D eigenvalue weighted by Gasteiger charge is 2.15. The van der Waals surface area contributed by atoms with Gasteiger partial charge in [-0.3, -0.25) is 0 Å². The fourth-order valence-electron chi connectivity index (χ4n) is 3.47. The lowest BCUT2D eigenvalue weighted by Crippen LogP contribution is -2.24. The first kappa shape index (κ1) is 22.4. The van der Waals surface area contributed by atoms with Crippen molar-refractivity contribution in [3.63, 3.8) is 0 Å². The zero-order chi connectivity index (χ0) is 23.2. The summed E-state index contributed by atoms with van der Waals surface area (Å²) in [6.07, 6.45) is 7.20. The highest BCUT2D eigenvalue weighted by atomic mass is 35.5. The molecular weight excluding hydrogens is 453 g/mol.